The maximum atomic E-state index is 13.8. The van der Waals surface area contributed by atoms with Crippen LogP contribution in [-0.4, -0.2) is 24.6 Å². The maximum absolute atomic E-state index is 13.8. The Hall–Kier alpha value is -4.17. The molecule has 0 spiro atoms. The zero-order valence-electron chi connectivity index (χ0n) is 19.7. The van der Waals surface area contributed by atoms with Gasteiger partial charge in [0.05, 0.1) is 40.9 Å². The van der Waals surface area contributed by atoms with E-state index in [0.29, 0.717) is 34.0 Å². The fourth-order valence-corrected chi connectivity index (χ4v) is 5.54. The van der Waals surface area contributed by atoms with Crippen LogP contribution in [0.1, 0.15) is 41.1 Å². The van der Waals surface area contributed by atoms with Crippen molar-refractivity contribution in [1.29, 1.82) is 0 Å². The molecule has 1 amide bonds. The predicted octanol–water partition coefficient (Wildman–Crippen LogP) is 5.95. The Kier molecular flexibility index (Phi) is 5.45. The molecule has 0 aliphatic carbocycles. The number of carbonyl (C=O) groups excluding carboxylic acids is 1. The average molecular weight is 499 g/mol. The number of fused-ring (bicyclic) bond motifs is 3. The van der Waals surface area contributed by atoms with Crippen molar-refractivity contribution in [3.05, 3.63) is 93.8 Å². The van der Waals surface area contributed by atoms with Gasteiger partial charge >= 0.3 is 0 Å². The number of thiazole rings is 1. The summed E-state index contributed by atoms with van der Waals surface area (Å²) in [5.74, 6) is 1.09. The van der Waals surface area contributed by atoms with Gasteiger partial charge in [0.25, 0.3) is 5.91 Å². The van der Waals surface area contributed by atoms with Crippen LogP contribution < -0.4 is 19.8 Å². The van der Waals surface area contributed by atoms with Crippen LogP contribution in [-0.2, 0) is 0 Å². The number of amides is 1. The fourth-order valence-electron chi connectivity index (χ4n) is 4.52. The quantitative estimate of drug-likeness (QED) is 0.288. The molecule has 6 rings (SSSR count). The normalized spacial score (nSPS) is 15.0. The Labute approximate surface area is 210 Å². The van der Waals surface area contributed by atoms with Crippen LogP contribution >= 0.6 is 11.3 Å². The second kappa shape index (κ2) is 8.80. The Balaban J connectivity index is 1.55. The minimum Gasteiger partial charge on any atom is -0.497 e. The Morgan fingerprint density at radius 1 is 1.03 bits per heavy atom. The molecule has 0 bridgehead atoms. The Morgan fingerprint density at radius 3 is 2.58 bits per heavy atom. The fraction of sp³-hybridized carbons (Fsp3) is 0.179. The first-order valence-corrected chi connectivity index (χ1v) is 12.5. The molecule has 180 valence electrons. The molecule has 7 nitrogen and oxygen atoms in total. The number of rotatable bonds is 6. The zero-order valence-corrected chi connectivity index (χ0v) is 20.5. The summed E-state index contributed by atoms with van der Waals surface area (Å²) in [7, 11) is 1.61. The maximum Gasteiger partial charge on any atom is 0.297 e. The van der Waals surface area contributed by atoms with Crippen molar-refractivity contribution in [2.24, 2.45) is 0 Å². The molecule has 0 fully saturated rings. The van der Waals surface area contributed by atoms with Gasteiger partial charge in [0.15, 0.2) is 10.6 Å². The van der Waals surface area contributed by atoms with Gasteiger partial charge in [-0.2, -0.15) is 0 Å². The molecule has 36 heavy (non-hydrogen) atoms. The summed E-state index contributed by atoms with van der Waals surface area (Å²) in [6.07, 6.45) is 0.899. The molecule has 1 aliphatic rings. The van der Waals surface area contributed by atoms with Crippen LogP contribution in [0.4, 0.5) is 5.13 Å². The van der Waals surface area contributed by atoms with Crippen molar-refractivity contribution in [2.45, 2.75) is 19.4 Å². The van der Waals surface area contributed by atoms with Crippen molar-refractivity contribution in [3.63, 3.8) is 0 Å². The summed E-state index contributed by atoms with van der Waals surface area (Å²) in [4.78, 5) is 33.8. The zero-order chi connectivity index (χ0) is 24.8. The first-order chi connectivity index (χ1) is 17.6. The lowest BCUT2D eigenvalue weighted by molar-refractivity contribution is 0.0971. The molecule has 0 saturated heterocycles. The highest BCUT2D eigenvalue weighted by atomic mass is 32.1. The number of ether oxygens (including phenoxy) is 2. The number of para-hydroxylation sites is 1. The van der Waals surface area contributed by atoms with E-state index in [1.165, 1.54) is 11.3 Å². The van der Waals surface area contributed by atoms with Gasteiger partial charge in [-0.25, -0.2) is 4.98 Å². The summed E-state index contributed by atoms with van der Waals surface area (Å²) in [5.41, 5.74) is 1.99. The van der Waals surface area contributed by atoms with E-state index in [1.54, 1.807) is 36.3 Å². The number of carbonyl (C=O) groups is 1. The summed E-state index contributed by atoms with van der Waals surface area (Å²) < 4.78 is 18.0. The molecule has 0 saturated carbocycles. The molecule has 0 radical (unpaired) electrons. The van der Waals surface area contributed by atoms with Gasteiger partial charge in [-0.3, -0.25) is 14.5 Å². The molecule has 2 aromatic heterocycles. The highest BCUT2D eigenvalue weighted by Crippen LogP contribution is 2.44. The summed E-state index contributed by atoms with van der Waals surface area (Å²) in [6.45, 7) is 2.66. The van der Waals surface area contributed by atoms with Gasteiger partial charge in [0, 0.05) is 0 Å². The topological polar surface area (TPSA) is 81.9 Å². The van der Waals surface area contributed by atoms with Gasteiger partial charge in [-0.05, 0) is 54.4 Å². The van der Waals surface area contributed by atoms with Crippen LogP contribution in [0, 0.1) is 0 Å². The number of benzene rings is 3. The lowest BCUT2D eigenvalue weighted by atomic mass is 9.98. The van der Waals surface area contributed by atoms with Crippen LogP contribution in [0.25, 0.3) is 21.2 Å². The predicted molar refractivity (Wildman–Crippen MR) is 140 cm³/mol. The number of nitrogens with zero attached hydrogens (tertiary/aromatic N) is 2. The van der Waals surface area contributed by atoms with Crippen LogP contribution in [0.5, 0.6) is 11.5 Å². The van der Waals surface area contributed by atoms with Crippen molar-refractivity contribution in [1.82, 2.24) is 4.98 Å². The largest absolute Gasteiger partial charge is 0.497 e. The molecule has 1 aliphatic heterocycles. The summed E-state index contributed by atoms with van der Waals surface area (Å²) in [6, 6.07) is 19.4. The number of anilines is 1. The molecular formula is C28H22N2O5S. The van der Waals surface area contributed by atoms with Gasteiger partial charge in [0.2, 0.25) is 5.76 Å². The van der Waals surface area contributed by atoms with Gasteiger partial charge in [0.1, 0.15) is 17.1 Å². The Bertz CT molecular complexity index is 1670. The van der Waals surface area contributed by atoms with Crippen LogP contribution in [0.15, 0.2) is 75.9 Å². The van der Waals surface area contributed by atoms with Crippen molar-refractivity contribution in [3.8, 4) is 11.5 Å². The molecule has 1 atom stereocenters. The molecule has 0 N–H and O–H groups in total. The van der Waals surface area contributed by atoms with Crippen LogP contribution in [0.3, 0.4) is 0 Å². The first-order valence-electron chi connectivity index (χ1n) is 11.7. The second-order valence-electron chi connectivity index (χ2n) is 8.50. The van der Waals surface area contributed by atoms with Crippen molar-refractivity contribution >= 4 is 43.6 Å². The van der Waals surface area contributed by atoms with E-state index in [0.717, 1.165) is 28.0 Å². The van der Waals surface area contributed by atoms with Crippen molar-refractivity contribution in [2.75, 3.05) is 18.6 Å². The summed E-state index contributed by atoms with van der Waals surface area (Å²) in [5, 5.41) is 0.919. The molecule has 8 heteroatoms. The first kappa shape index (κ1) is 22.3. The highest BCUT2D eigenvalue weighted by Gasteiger charge is 2.45. The van der Waals surface area contributed by atoms with Gasteiger partial charge < -0.3 is 13.9 Å². The minimum absolute atomic E-state index is 0.0480. The number of methoxy groups -OCH3 is 1. The number of hydrogen-bond donors (Lipinski definition) is 0. The Morgan fingerprint density at radius 2 is 1.81 bits per heavy atom. The molecule has 3 aromatic carbocycles. The van der Waals surface area contributed by atoms with E-state index < -0.39 is 11.9 Å². The minimum atomic E-state index is -0.684. The number of hydrogen-bond acceptors (Lipinski definition) is 7. The summed E-state index contributed by atoms with van der Waals surface area (Å²) >= 11 is 1.37. The third kappa shape index (κ3) is 3.53. The molecule has 3 heterocycles. The average Bonchev–Trinajstić information content (AvgIpc) is 3.46. The second-order valence-corrected chi connectivity index (χ2v) is 9.50. The van der Waals surface area contributed by atoms with E-state index in [9.17, 15) is 9.59 Å². The van der Waals surface area contributed by atoms with Gasteiger partial charge in [-0.15, -0.1) is 0 Å². The third-order valence-corrected chi connectivity index (χ3v) is 7.25. The van der Waals surface area contributed by atoms with Crippen LogP contribution in [0.2, 0.25) is 0 Å². The van der Waals surface area contributed by atoms with Gasteiger partial charge in [-0.1, -0.05) is 42.5 Å². The standard InChI is InChI=1S/C28H22N2O5S/c1-3-14-34-17-10-8-16(9-11-17)24-23-25(31)19-6-4-5-7-21(19)35-26(23)27(32)30(24)28-29-20-13-12-18(33-2)15-22(20)36-28/h4-13,15,24H,3,14H2,1-2H3. The third-order valence-electron chi connectivity index (χ3n) is 6.24. The SMILES string of the molecule is CCCOc1ccc(C2c3c(oc4ccccc4c3=O)C(=O)N2c2nc3ccc(OC)cc3s2)cc1. The van der Waals surface area contributed by atoms with Crippen molar-refractivity contribution < 1.29 is 18.7 Å². The van der Waals surface area contributed by atoms with E-state index in [-0.39, 0.29) is 11.2 Å². The number of aromatic nitrogens is 1. The lowest BCUT2D eigenvalue weighted by Crippen LogP contribution is -2.29. The van der Waals surface area contributed by atoms with E-state index in [2.05, 4.69) is 0 Å². The molecule has 1 unspecified atom stereocenters. The monoisotopic (exact) mass is 498 g/mol. The molecule has 5 aromatic rings. The highest BCUT2D eigenvalue weighted by molar-refractivity contribution is 7.22. The van der Waals surface area contributed by atoms with E-state index in [1.807, 2.05) is 49.4 Å². The smallest absolute Gasteiger partial charge is 0.297 e. The van der Waals surface area contributed by atoms with E-state index >= 15 is 0 Å². The van der Waals surface area contributed by atoms with E-state index in [4.69, 9.17) is 18.9 Å². The lowest BCUT2D eigenvalue weighted by Gasteiger charge is -2.22. The molecular weight excluding hydrogens is 476 g/mol.